The molecular weight excluding hydrogens is 242 g/mol. The van der Waals surface area contributed by atoms with Crippen LogP contribution in [0.2, 0.25) is 0 Å². The molecule has 1 aliphatic rings. The molecule has 3 atom stereocenters. The van der Waals surface area contributed by atoms with Gasteiger partial charge >= 0.3 is 0 Å². The molecule has 6 nitrogen and oxygen atoms in total. The number of nitrogens with one attached hydrogen (secondary N) is 1. The van der Waals surface area contributed by atoms with E-state index in [2.05, 4.69) is 15.4 Å². The van der Waals surface area contributed by atoms with E-state index in [9.17, 15) is 0 Å². The van der Waals surface area contributed by atoms with Crippen LogP contribution in [0, 0.1) is 6.92 Å². The summed E-state index contributed by atoms with van der Waals surface area (Å²) in [5, 5.41) is 7.73. The standard InChI is InChI=1S/C13H19N5O/c1-3-19-10-7-9(14)12(10)16-13-15-11-6-4-5-8(2)18(11)17-13/h4-6,9-10,12H,3,7,14H2,1-2H3,(H,16,17). The van der Waals surface area contributed by atoms with Gasteiger partial charge in [-0.05, 0) is 32.4 Å². The van der Waals surface area contributed by atoms with E-state index >= 15 is 0 Å². The number of nitrogens with two attached hydrogens (primary N) is 1. The Labute approximate surface area is 112 Å². The van der Waals surface area contributed by atoms with Crippen LogP contribution in [0.25, 0.3) is 5.65 Å². The minimum absolute atomic E-state index is 0.0951. The van der Waals surface area contributed by atoms with Gasteiger partial charge in [-0.2, -0.15) is 4.98 Å². The highest BCUT2D eigenvalue weighted by atomic mass is 16.5. The van der Waals surface area contributed by atoms with Gasteiger partial charge in [0.15, 0.2) is 5.65 Å². The van der Waals surface area contributed by atoms with Gasteiger partial charge in [0.05, 0.1) is 12.1 Å². The van der Waals surface area contributed by atoms with Crippen molar-refractivity contribution in [3.63, 3.8) is 0 Å². The molecule has 2 heterocycles. The topological polar surface area (TPSA) is 77.5 Å². The average Bonchev–Trinajstić information content (AvgIpc) is 2.80. The number of fused-ring (bicyclic) bond motifs is 1. The summed E-state index contributed by atoms with van der Waals surface area (Å²) in [6.07, 6.45) is 1.05. The van der Waals surface area contributed by atoms with Crippen LogP contribution in [-0.4, -0.2) is 39.4 Å². The van der Waals surface area contributed by atoms with Crippen LogP contribution in [-0.2, 0) is 4.74 Å². The minimum atomic E-state index is 0.0951. The maximum absolute atomic E-state index is 6.01. The molecule has 6 heteroatoms. The van der Waals surface area contributed by atoms with Crippen molar-refractivity contribution in [1.82, 2.24) is 14.6 Å². The zero-order valence-corrected chi connectivity index (χ0v) is 11.2. The number of aromatic nitrogens is 3. The van der Waals surface area contributed by atoms with Crippen LogP contribution in [0.4, 0.5) is 5.95 Å². The maximum atomic E-state index is 6.01. The van der Waals surface area contributed by atoms with Crippen molar-refractivity contribution in [1.29, 1.82) is 0 Å². The average molecular weight is 261 g/mol. The van der Waals surface area contributed by atoms with Crippen molar-refractivity contribution in [3.8, 4) is 0 Å². The van der Waals surface area contributed by atoms with E-state index in [1.165, 1.54) is 0 Å². The van der Waals surface area contributed by atoms with Crippen LogP contribution in [0.15, 0.2) is 18.2 Å². The van der Waals surface area contributed by atoms with Crippen molar-refractivity contribution in [2.75, 3.05) is 11.9 Å². The second kappa shape index (κ2) is 4.79. The highest BCUT2D eigenvalue weighted by molar-refractivity contribution is 5.45. The van der Waals surface area contributed by atoms with Gasteiger partial charge in [0.2, 0.25) is 5.95 Å². The van der Waals surface area contributed by atoms with Crippen LogP contribution in [0.3, 0.4) is 0 Å². The molecule has 1 fully saturated rings. The van der Waals surface area contributed by atoms with E-state index in [1.807, 2.05) is 36.6 Å². The van der Waals surface area contributed by atoms with E-state index in [1.54, 1.807) is 0 Å². The van der Waals surface area contributed by atoms with Crippen LogP contribution < -0.4 is 11.1 Å². The molecule has 3 N–H and O–H groups in total. The van der Waals surface area contributed by atoms with E-state index < -0.39 is 0 Å². The zero-order chi connectivity index (χ0) is 13.4. The predicted octanol–water partition coefficient (Wildman–Crippen LogP) is 0.954. The number of hydrogen-bond acceptors (Lipinski definition) is 5. The summed E-state index contributed by atoms with van der Waals surface area (Å²) < 4.78 is 7.45. The summed E-state index contributed by atoms with van der Waals surface area (Å²) in [5.41, 5.74) is 7.90. The Morgan fingerprint density at radius 1 is 1.53 bits per heavy atom. The third kappa shape index (κ3) is 2.17. The second-order valence-corrected chi connectivity index (χ2v) is 4.94. The largest absolute Gasteiger partial charge is 0.376 e. The van der Waals surface area contributed by atoms with Gasteiger partial charge in [-0.1, -0.05) is 6.07 Å². The minimum Gasteiger partial charge on any atom is -0.376 e. The number of rotatable bonds is 4. The molecule has 19 heavy (non-hydrogen) atoms. The van der Waals surface area contributed by atoms with E-state index in [-0.39, 0.29) is 18.2 Å². The van der Waals surface area contributed by atoms with Crippen molar-refractivity contribution in [2.24, 2.45) is 5.73 Å². The molecule has 2 aromatic rings. The van der Waals surface area contributed by atoms with Crippen molar-refractivity contribution >= 4 is 11.6 Å². The first-order chi connectivity index (χ1) is 9.19. The van der Waals surface area contributed by atoms with Gasteiger partial charge in [-0.15, -0.1) is 5.10 Å². The lowest BCUT2D eigenvalue weighted by Crippen LogP contribution is -2.60. The maximum Gasteiger partial charge on any atom is 0.243 e. The molecule has 0 saturated heterocycles. The summed E-state index contributed by atoms with van der Waals surface area (Å²) in [6, 6.07) is 6.11. The Morgan fingerprint density at radius 3 is 3.05 bits per heavy atom. The molecule has 0 amide bonds. The van der Waals surface area contributed by atoms with Gasteiger partial charge < -0.3 is 15.8 Å². The van der Waals surface area contributed by atoms with E-state index in [4.69, 9.17) is 10.5 Å². The Hall–Kier alpha value is -1.66. The molecule has 0 spiro atoms. The third-order valence-corrected chi connectivity index (χ3v) is 3.59. The van der Waals surface area contributed by atoms with Gasteiger partial charge in [0.25, 0.3) is 0 Å². The van der Waals surface area contributed by atoms with Gasteiger partial charge in [0, 0.05) is 18.3 Å². The predicted molar refractivity (Wildman–Crippen MR) is 73.1 cm³/mol. The smallest absolute Gasteiger partial charge is 0.243 e. The van der Waals surface area contributed by atoms with E-state index in [0.29, 0.717) is 12.6 Å². The summed E-state index contributed by atoms with van der Waals surface area (Å²) >= 11 is 0. The number of ether oxygens (including phenoxy) is 1. The molecule has 3 unspecified atom stereocenters. The van der Waals surface area contributed by atoms with E-state index in [0.717, 1.165) is 17.8 Å². The van der Waals surface area contributed by atoms with Gasteiger partial charge in [-0.25, -0.2) is 4.52 Å². The van der Waals surface area contributed by atoms with Crippen molar-refractivity contribution in [2.45, 2.75) is 38.5 Å². The molecular formula is C13H19N5O. The second-order valence-electron chi connectivity index (χ2n) is 4.94. The number of anilines is 1. The highest BCUT2D eigenvalue weighted by Crippen LogP contribution is 2.25. The molecule has 3 rings (SSSR count). The molecule has 1 saturated carbocycles. The Balaban J connectivity index is 1.79. The van der Waals surface area contributed by atoms with Crippen molar-refractivity contribution in [3.05, 3.63) is 23.9 Å². The molecule has 0 radical (unpaired) electrons. The Bertz CT molecular complexity index is 579. The highest BCUT2D eigenvalue weighted by Gasteiger charge is 2.40. The Kier molecular flexibility index (Phi) is 3.12. The SMILES string of the molecule is CCOC1CC(N)C1Nc1nc2cccc(C)n2n1. The van der Waals surface area contributed by atoms with Crippen LogP contribution in [0.5, 0.6) is 0 Å². The summed E-state index contributed by atoms with van der Waals surface area (Å²) in [7, 11) is 0. The van der Waals surface area contributed by atoms with Gasteiger partial charge in [-0.3, -0.25) is 0 Å². The molecule has 0 aliphatic heterocycles. The normalized spacial score (nSPS) is 26.4. The molecule has 0 aromatic carbocycles. The number of pyridine rings is 1. The molecule has 0 bridgehead atoms. The number of nitrogens with zero attached hydrogens (tertiary/aromatic N) is 3. The lowest BCUT2D eigenvalue weighted by molar-refractivity contribution is -0.0128. The zero-order valence-electron chi connectivity index (χ0n) is 11.2. The lowest BCUT2D eigenvalue weighted by atomic mass is 9.83. The van der Waals surface area contributed by atoms with Crippen LogP contribution in [0.1, 0.15) is 19.0 Å². The quantitative estimate of drug-likeness (QED) is 0.857. The fourth-order valence-electron chi connectivity index (χ4n) is 2.47. The number of hydrogen-bond donors (Lipinski definition) is 2. The first-order valence-corrected chi connectivity index (χ1v) is 6.65. The fourth-order valence-corrected chi connectivity index (χ4v) is 2.47. The lowest BCUT2D eigenvalue weighted by Gasteiger charge is -2.42. The summed E-state index contributed by atoms with van der Waals surface area (Å²) in [6.45, 7) is 4.70. The summed E-state index contributed by atoms with van der Waals surface area (Å²) in [4.78, 5) is 4.45. The first kappa shape index (κ1) is 12.4. The van der Waals surface area contributed by atoms with Gasteiger partial charge in [0.1, 0.15) is 0 Å². The Morgan fingerprint density at radius 2 is 2.37 bits per heavy atom. The molecule has 1 aliphatic carbocycles. The molecule has 102 valence electrons. The monoisotopic (exact) mass is 261 g/mol. The fraction of sp³-hybridized carbons (Fsp3) is 0.538. The third-order valence-electron chi connectivity index (χ3n) is 3.59. The summed E-state index contributed by atoms with van der Waals surface area (Å²) in [5.74, 6) is 0.610. The number of aryl methyl sites for hydroxylation is 1. The van der Waals surface area contributed by atoms with Crippen LogP contribution >= 0.6 is 0 Å². The van der Waals surface area contributed by atoms with Crippen molar-refractivity contribution < 1.29 is 4.74 Å². The molecule has 2 aromatic heterocycles. The first-order valence-electron chi connectivity index (χ1n) is 6.65.